The smallest absolute Gasteiger partial charge is 0.338 e. The number of hydrogen-bond donors (Lipinski definition) is 2. The molecule has 0 amide bonds. The van der Waals surface area contributed by atoms with Gasteiger partial charge in [-0.05, 0) is 29.7 Å². The molecule has 7 heteroatoms. The molecule has 28 heavy (non-hydrogen) atoms. The summed E-state index contributed by atoms with van der Waals surface area (Å²) < 4.78 is 9.91. The van der Waals surface area contributed by atoms with Gasteiger partial charge in [-0.25, -0.2) is 14.4 Å². The van der Waals surface area contributed by atoms with Crippen molar-refractivity contribution in [1.82, 2.24) is 0 Å². The van der Waals surface area contributed by atoms with E-state index < -0.39 is 17.9 Å². The summed E-state index contributed by atoms with van der Waals surface area (Å²) in [5.74, 6) is -2.61. The Labute approximate surface area is 159 Å². The van der Waals surface area contributed by atoms with Gasteiger partial charge in [-0.3, -0.25) is 0 Å². The lowest BCUT2D eigenvalue weighted by atomic mass is 9.94. The summed E-state index contributed by atoms with van der Waals surface area (Å²) in [6.07, 6.45) is 0.999. The number of esters is 2. The lowest BCUT2D eigenvalue weighted by Crippen LogP contribution is -2.13. The first-order valence-corrected chi connectivity index (χ1v) is 8.31. The standard InChI is InChI=1S/C21H16O7/c1-2-17(23)27-10-11-28-21(26)15-5-3-4-12-6-7-13-16(22)9-8-14(20(24)25)19(13)18(12)15/h2-9,22H,1,10-11H2,(H,24,25). The van der Waals surface area contributed by atoms with E-state index in [-0.39, 0.29) is 35.5 Å². The monoisotopic (exact) mass is 380 g/mol. The fraction of sp³-hybridized carbons (Fsp3) is 0.0952. The molecule has 3 aromatic carbocycles. The summed E-state index contributed by atoms with van der Waals surface area (Å²) in [4.78, 5) is 35.3. The van der Waals surface area contributed by atoms with E-state index in [1.807, 2.05) is 0 Å². The Morgan fingerprint density at radius 3 is 2.39 bits per heavy atom. The molecule has 3 rings (SSSR count). The molecule has 0 atom stereocenters. The minimum absolute atomic E-state index is 0.0430. The predicted molar refractivity (Wildman–Crippen MR) is 102 cm³/mol. The van der Waals surface area contributed by atoms with Crippen LogP contribution >= 0.6 is 0 Å². The highest BCUT2D eigenvalue weighted by atomic mass is 16.6. The van der Waals surface area contributed by atoms with Crippen molar-refractivity contribution in [2.75, 3.05) is 13.2 Å². The largest absolute Gasteiger partial charge is 0.507 e. The first-order valence-electron chi connectivity index (χ1n) is 8.31. The number of rotatable bonds is 6. The van der Waals surface area contributed by atoms with Crippen LogP contribution in [0.4, 0.5) is 0 Å². The van der Waals surface area contributed by atoms with Gasteiger partial charge in [-0.1, -0.05) is 24.8 Å². The van der Waals surface area contributed by atoms with Gasteiger partial charge in [-0.15, -0.1) is 0 Å². The minimum Gasteiger partial charge on any atom is -0.507 e. The normalized spacial score (nSPS) is 10.6. The van der Waals surface area contributed by atoms with Crippen molar-refractivity contribution < 1.29 is 34.1 Å². The summed E-state index contributed by atoms with van der Waals surface area (Å²) >= 11 is 0. The number of phenols is 1. The highest BCUT2D eigenvalue weighted by Crippen LogP contribution is 2.35. The Bertz CT molecular complexity index is 1110. The maximum atomic E-state index is 12.6. The van der Waals surface area contributed by atoms with Crippen molar-refractivity contribution in [2.24, 2.45) is 0 Å². The fourth-order valence-corrected chi connectivity index (χ4v) is 2.97. The third kappa shape index (κ3) is 3.50. The van der Waals surface area contributed by atoms with Gasteiger partial charge in [0, 0.05) is 22.2 Å². The number of benzene rings is 3. The Morgan fingerprint density at radius 1 is 0.929 bits per heavy atom. The quantitative estimate of drug-likeness (QED) is 0.292. The summed E-state index contributed by atoms with van der Waals surface area (Å²) in [5.41, 5.74) is 0.102. The molecular formula is C21H16O7. The van der Waals surface area contributed by atoms with Gasteiger partial charge >= 0.3 is 17.9 Å². The topological polar surface area (TPSA) is 110 Å². The third-order valence-corrected chi connectivity index (χ3v) is 4.18. The van der Waals surface area contributed by atoms with Gasteiger partial charge < -0.3 is 19.7 Å². The van der Waals surface area contributed by atoms with E-state index in [1.165, 1.54) is 18.2 Å². The van der Waals surface area contributed by atoms with Crippen LogP contribution < -0.4 is 0 Å². The summed E-state index contributed by atoms with van der Waals surface area (Å²) in [5, 5.41) is 21.2. The van der Waals surface area contributed by atoms with Crippen molar-refractivity contribution in [3.05, 3.63) is 66.2 Å². The van der Waals surface area contributed by atoms with Gasteiger partial charge in [0.2, 0.25) is 0 Å². The molecule has 0 radical (unpaired) electrons. The molecule has 2 N–H and O–H groups in total. The maximum Gasteiger partial charge on any atom is 0.338 e. The molecule has 0 saturated heterocycles. The molecule has 0 spiro atoms. The van der Waals surface area contributed by atoms with Gasteiger partial charge in [0.1, 0.15) is 19.0 Å². The van der Waals surface area contributed by atoms with Crippen molar-refractivity contribution in [1.29, 1.82) is 0 Å². The number of fused-ring (bicyclic) bond motifs is 3. The van der Waals surface area contributed by atoms with Crippen LogP contribution in [-0.4, -0.2) is 41.3 Å². The highest BCUT2D eigenvalue weighted by Gasteiger charge is 2.19. The predicted octanol–water partition coefficient (Wildman–Crippen LogP) is 3.28. The number of carbonyl (C=O) groups is 3. The summed E-state index contributed by atoms with van der Waals surface area (Å²) in [6, 6.07) is 10.8. The van der Waals surface area contributed by atoms with Crippen LogP contribution in [0.3, 0.4) is 0 Å². The SMILES string of the molecule is C=CC(=O)OCCOC(=O)c1cccc2ccc3c(O)ccc(C(=O)O)c3c12. The van der Waals surface area contributed by atoms with E-state index in [1.54, 1.807) is 24.3 Å². The Balaban J connectivity index is 2.08. The van der Waals surface area contributed by atoms with E-state index in [2.05, 4.69) is 6.58 Å². The molecule has 0 bridgehead atoms. The minimum atomic E-state index is -1.18. The Kier molecular flexibility index (Phi) is 5.26. The van der Waals surface area contributed by atoms with E-state index in [9.17, 15) is 24.6 Å². The Hall–Kier alpha value is -3.87. The van der Waals surface area contributed by atoms with E-state index in [0.717, 1.165) is 6.08 Å². The zero-order chi connectivity index (χ0) is 20.3. The van der Waals surface area contributed by atoms with Crippen LogP contribution in [0.1, 0.15) is 20.7 Å². The number of carboxylic acid groups (broad SMARTS) is 1. The van der Waals surface area contributed by atoms with Gasteiger partial charge in [-0.2, -0.15) is 0 Å². The highest BCUT2D eigenvalue weighted by molar-refractivity contribution is 6.22. The van der Waals surface area contributed by atoms with Crippen molar-refractivity contribution in [3.63, 3.8) is 0 Å². The number of aromatic hydroxyl groups is 1. The number of phenolic OH excluding ortho intramolecular Hbond substituents is 1. The zero-order valence-corrected chi connectivity index (χ0v) is 14.7. The summed E-state index contributed by atoms with van der Waals surface area (Å²) in [7, 11) is 0. The third-order valence-electron chi connectivity index (χ3n) is 4.18. The second-order valence-corrected chi connectivity index (χ2v) is 5.84. The second-order valence-electron chi connectivity index (χ2n) is 5.84. The number of hydrogen-bond acceptors (Lipinski definition) is 6. The van der Waals surface area contributed by atoms with E-state index >= 15 is 0 Å². The second kappa shape index (κ2) is 7.79. The van der Waals surface area contributed by atoms with E-state index in [0.29, 0.717) is 16.2 Å². The lowest BCUT2D eigenvalue weighted by molar-refractivity contribution is -0.138. The van der Waals surface area contributed by atoms with Crippen LogP contribution in [-0.2, 0) is 14.3 Å². The molecule has 0 aromatic heterocycles. The summed E-state index contributed by atoms with van der Waals surface area (Å²) in [6.45, 7) is 2.96. The molecule has 0 aliphatic rings. The molecule has 7 nitrogen and oxygen atoms in total. The van der Waals surface area contributed by atoms with Crippen molar-refractivity contribution in [3.8, 4) is 5.75 Å². The first-order chi connectivity index (χ1) is 13.4. The van der Waals surface area contributed by atoms with Gasteiger partial charge in [0.25, 0.3) is 0 Å². The van der Waals surface area contributed by atoms with Gasteiger partial charge in [0.05, 0.1) is 11.1 Å². The van der Waals surface area contributed by atoms with Crippen LogP contribution in [0.2, 0.25) is 0 Å². The maximum absolute atomic E-state index is 12.6. The molecule has 0 saturated carbocycles. The van der Waals surface area contributed by atoms with Crippen molar-refractivity contribution in [2.45, 2.75) is 0 Å². The van der Waals surface area contributed by atoms with Crippen molar-refractivity contribution >= 4 is 39.5 Å². The average Bonchev–Trinajstić information content (AvgIpc) is 2.70. The van der Waals surface area contributed by atoms with Crippen LogP contribution in [0.25, 0.3) is 21.5 Å². The van der Waals surface area contributed by atoms with Gasteiger partial charge in [0.15, 0.2) is 0 Å². The molecule has 0 aliphatic heterocycles. The lowest BCUT2D eigenvalue weighted by Gasteiger charge is -2.12. The molecule has 3 aromatic rings. The first kappa shape index (κ1) is 18.9. The molecule has 0 aliphatic carbocycles. The molecular weight excluding hydrogens is 364 g/mol. The average molecular weight is 380 g/mol. The van der Waals surface area contributed by atoms with Crippen LogP contribution in [0.5, 0.6) is 5.75 Å². The van der Waals surface area contributed by atoms with Crippen LogP contribution in [0, 0.1) is 0 Å². The molecule has 142 valence electrons. The zero-order valence-electron chi connectivity index (χ0n) is 14.7. The number of ether oxygens (including phenoxy) is 2. The number of aromatic carboxylic acids is 1. The Morgan fingerprint density at radius 2 is 1.68 bits per heavy atom. The van der Waals surface area contributed by atoms with Crippen LogP contribution in [0.15, 0.2) is 55.1 Å². The fourth-order valence-electron chi connectivity index (χ4n) is 2.97. The number of carboxylic acids is 1. The molecule has 0 fully saturated rings. The number of carbonyl (C=O) groups excluding carboxylic acids is 2. The molecule has 0 heterocycles. The molecule has 0 unspecified atom stereocenters. The van der Waals surface area contributed by atoms with E-state index in [4.69, 9.17) is 9.47 Å².